The number of carbonyl (C=O) groups excluding carboxylic acids is 1. The van der Waals surface area contributed by atoms with Crippen LogP contribution in [0.5, 0.6) is 5.75 Å². The number of aromatic nitrogens is 1. The van der Waals surface area contributed by atoms with Crippen molar-refractivity contribution in [2.45, 2.75) is 32.7 Å². The molecule has 0 radical (unpaired) electrons. The van der Waals surface area contributed by atoms with Crippen LogP contribution in [0.15, 0.2) is 28.8 Å². The highest BCUT2D eigenvalue weighted by atomic mass is 35.5. The average molecular weight is 338 g/mol. The number of amides is 2. The molecular formula is C16H20ClN3O3. The molecule has 1 heterocycles. The fourth-order valence-corrected chi connectivity index (χ4v) is 2.13. The summed E-state index contributed by atoms with van der Waals surface area (Å²) in [6, 6.07) is 4.71. The SMILES string of the molecule is COc1c(Cl)cccc1NC(=O)NCc1ncc(C(C)(C)C)o1. The molecule has 7 heteroatoms. The third kappa shape index (κ3) is 4.39. The van der Waals surface area contributed by atoms with Gasteiger partial charge >= 0.3 is 6.03 Å². The van der Waals surface area contributed by atoms with Crippen molar-refractivity contribution in [3.8, 4) is 5.75 Å². The highest BCUT2D eigenvalue weighted by molar-refractivity contribution is 6.32. The molecule has 0 unspecified atom stereocenters. The summed E-state index contributed by atoms with van der Waals surface area (Å²) in [5.74, 6) is 1.63. The van der Waals surface area contributed by atoms with Crippen LogP contribution in [-0.2, 0) is 12.0 Å². The first kappa shape index (κ1) is 17.1. The summed E-state index contributed by atoms with van der Waals surface area (Å²) in [5.41, 5.74) is 0.363. The van der Waals surface area contributed by atoms with Gasteiger partial charge in [-0.2, -0.15) is 0 Å². The first-order valence-electron chi connectivity index (χ1n) is 7.14. The van der Waals surface area contributed by atoms with E-state index in [0.717, 1.165) is 5.76 Å². The standard InChI is InChI=1S/C16H20ClN3O3/c1-16(2,3)12-8-18-13(23-12)9-19-15(21)20-11-7-5-6-10(17)14(11)22-4/h5-8H,9H2,1-4H3,(H2,19,20,21). The van der Waals surface area contributed by atoms with Gasteiger partial charge in [0.2, 0.25) is 5.89 Å². The average Bonchev–Trinajstić information content (AvgIpc) is 2.94. The summed E-state index contributed by atoms with van der Waals surface area (Å²) in [6.07, 6.45) is 1.68. The summed E-state index contributed by atoms with van der Waals surface area (Å²) in [5, 5.41) is 5.78. The topological polar surface area (TPSA) is 76.4 Å². The molecule has 0 aliphatic rings. The lowest BCUT2D eigenvalue weighted by atomic mass is 9.94. The Morgan fingerprint density at radius 2 is 2.13 bits per heavy atom. The molecule has 2 rings (SSSR count). The number of carbonyl (C=O) groups is 1. The van der Waals surface area contributed by atoms with Crippen LogP contribution in [0.2, 0.25) is 5.02 Å². The van der Waals surface area contributed by atoms with Gasteiger partial charge in [-0.25, -0.2) is 9.78 Å². The Hall–Kier alpha value is -2.21. The van der Waals surface area contributed by atoms with E-state index in [2.05, 4.69) is 15.6 Å². The minimum Gasteiger partial charge on any atom is -0.493 e. The minimum absolute atomic E-state index is 0.123. The molecule has 124 valence electrons. The maximum Gasteiger partial charge on any atom is 0.319 e. The lowest BCUT2D eigenvalue weighted by Gasteiger charge is -2.13. The number of nitrogens with one attached hydrogen (secondary N) is 2. The zero-order valence-corrected chi connectivity index (χ0v) is 14.3. The number of halogens is 1. The highest BCUT2D eigenvalue weighted by Crippen LogP contribution is 2.32. The molecule has 2 amide bonds. The molecule has 0 bridgehead atoms. The molecule has 1 aromatic carbocycles. The van der Waals surface area contributed by atoms with E-state index in [0.29, 0.717) is 22.4 Å². The first-order chi connectivity index (χ1) is 10.8. The first-order valence-corrected chi connectivity index (χ1v) is 7.51. The molecule has 0 aliphatic heterocycles. The lowest BCUT2D eigenvalue weighted by Crippen LogP contribution is -2.28. The van der Waals surface area contributed by atoms with E-state index in [-0.39, 0.29) is 12.0 Å². The fraction of sp³-hybridized carbons (Fsp3) is 0.375. The quantitative estimate of drug-likeness (QED) is 0.885. The van der Waals surface area contributed by atoms with Crippen LogP contribution in [0.25, 0.3) is 0 Å². The monoisotopic (exact) mass is 337 g/mol. The molecule has 0 fully saturated rings. The van der Waals surface area contributed by atoms with Crippen molar-refractivity contribution in [2.75, 3.05) is 12.4 Å². The van der Waals surface area contributed by atoms with Crippen molar-refractivity contribution in [2.24, 2.45) is 0 Å². The van der Waals surface area contributed by atoms with Gasteiger partial charge in [-0.15, -0.1) is 0 Å². The van der Waals surface area contributed by atoms with Crippen LogP contribution in [0.1, 0.15) is 32.4 Å². The van der Waals surface area contributed by atoms with Gasteiger partial charge in [-0.05, 0) is 12.1 Å². The molecule has 0 saturated heterocycles. The van der Waals surface area contributed by atoms with E-state index in [1.165, 1.54) is 7.11 Å². The predicted octanol–water partition coefficient (Wildman–Crippen LogP) is 3.96. The molecule has 23 heavy (non-hydrogen) atoms. The molecule has 1 aromatic heterocycles. The second-order valence-electron chi connectivity index (χ2n) is 6.00. The van der Waals surface area contributed by atoms with Crippen LogP contribution in [0.4, 0.5) is 10.5 Å². The van der Waals surface area contributed by atoms with Gasteiger partial charge in [0.15, 0.2) is 5.75 Å². The maximum absolute atomic E-state index is 12.0. The zero-order valence-electron chi connectivity index (χ0n) is 13.6. The number of hydrogen-bond acceptors (Lipinski definition) is 4. The van der Waals surface area contributed by atoms with Crippen molar-refractivity contribution in [3.05, 3.63) is 41.1 Å². The smallest absolute Gasteiger partial charge is 0.319 e. The van der Waals surface area contributed by atoms with Crippen LogP contribution in [0.3, 0.4) is 0 Å². The Bertz CT molecular complexity index is 692. The molecule has 6 nitrogen and oxygen atoms in total. The Morgan fingerprint density at radius 1 is 1.39 bits per heavy atom. The number of ether oxygens (including phenoxy) is 1. The van der Waals surface area contributed by atoms with Crippen LogP contribution in [-0.4, -0.2) is 18.1 Å². The van der Waals surface area contributed by atoms with Gasteiger partial charge < -0.3 is 19.8 Å². The maximum atomic E-state index is 12.0. The summed E-state index contributed by atoms with van der Waals surface area (Å²) < 4.78 is 10.8. The fourth-order valence-electron chi connectivity index (χ4n) is 1.88. The summed E-state index contributed by atoms with van der Waals surface area (Å²) in [7, 11) is 1.49. The molecular weight excluding hydrogens is 318 g/mol. The summed E-state index contributed by atoms with van der Waals surface area (Å²) in [4.78, 5) is 16.1. The minimum atomic E-state index is -0.402. The number of benzene rings is 1. The third-order valence-corrected chi connectivity index (χ3v) is 3.41. The molecule has 0 saturated carbocycles. The van der Waals surface area contributed by atoms with Crippen molar-refractivity contribution >= 4 is 23.3 Å². The molecule has 0 atom stereocenters. The van der Waals surface area contributed by atoms with E-state index in [1.54, 1.807) is 24.4 Å². The van der Waals surface area contributed by atoms with Gasteiger partial charge in [0.05, 0.1) is 30.6 Å². The molecule has 0 aliphatic carbocycles. The predicted molar refractivity (Wildman–Crippen MR) is 89.1 cm³/mol. The third-order valence-electron chi connectivity index (χ3n) is 3.11. The number of methoxy groups -OCH3 is 1. The second kappa shape index (κ2) is 6.91. The van der Waals surface area contributed by atoms with E-state index < -0.39 is 6.03 Å². The van der Waals surface area contributed by atoms with Gasteiger partial charge in [-0.1, -0.05) is 38.4 Å². The molecule has 2 aromatic rings. The van der Waals surface area contributed by atoms with E-state index in [9.17, 15) is 4.79 Å². The largest absolute Gasteiger partial charge is 0.493 e. The van der Waals surface area contributed by atoms with E-state index in [1.807, 2.05) is 20.8 Å². The Labute approximate surface area is 140 Å². The van der Waals surface area contributed by atoms with Crippen molar-refractivity contribution in [1.29, 1.82) is 0 Å². The second-order valence-corrected chi connectivity index (χ2v) is 6.40. The van der Waals surface area contributed by atoms with Crippen LogP contribution < -0.4 is 15.4 Å². The van der Waals surface area contributed by atoms with Crippen molar-refractivity contribution < 1.29 is 13.9 Å². The number of nitrogens with zero attached hydrogens (tertiary/aromatic N) is 1. The van der Waals surface area contributed by atoms with E-state index in [4.69, 9.17) is 20.8 Å². The Balaban J connectivity index is 1.96. The van der Waals surface area contributed by atoms with Crippen LogP contribution in [0, 0.1) is 0 Å². The number of hydrogen-bond donors (Lipinski definition) is 2. The summed E-state index contributed by atoms with van der Waals surface area (Å²) in [6.45, 7) is 6.28. The van der Waals surface area contributed by atoms with Gasteiger partial charge in [0.1, 0.15) is 5.76 Å². The highest BCUT2D eigenvalue weighted by Gasteiger charge is 2.19. The van der Waals surface area contributed by atoms with Crippen LogP contribution >= 0.6 is 11.6 Å². The molecule has 0 spiro atoms. The van der Waals surface area contributed by atoms with Gasteiger partial charge in [-0.3, -0.25) is 0 Å². The number of oxazole rings is 1. The lowest BCUT2D eigenvalue weighted by molar-refractivity contribution is 0.250. The number of rotatable bonds is 4. The van der Waals surface area contributed by atoms with Gasteiger partial charge in [0, 0.05) is 5.41 Å². The van der Waals surface area contributed by atoms with Gasteiger partial charge in [0.25, 0.3) is 0 Å². The van der Waals surface area contributed by atoms with E-state index >= 15 is 0 Å². The van der Waals surface area contributed by atoms with Crippen molar-refractivity contribution in [1.82, 2.24) is 10.3 Å². The van der Waals surface area contributed by atoms with Crippen molar-refractivity contribution in [3.63, 3.8) is 0 Å². The Morgan fingerprint density at radius 3 is 2.74 bits per heavy atom. The Kier molecular flexibility index (Phi) is 5.15. The number of urea groups is 1. The number of para-hydroxylation sites is 1. The summed E-state index contributed by atoms with van der Waals surface area (Å²) >= 11 is 6.01. The normalized spacial score (nSPS) is 11.2. The molecule has 2 N–H and O–H groups in total. The number of anilines is 1. The zero-order chi connectivity index (χ0) is 17.0.